The first-order chi connectivity index (χ1) is 10.5. The Hall–Kier alpha value is -2.49. The van der Waals surface area contributed by atoms with Gasteiger partial charge in [0.1, 0.15) is 17.2 Å². The molecule has 2 aromatic rings. The Labute approximate surface area is 130 Å². The van der Waals surface area contributed by atoms with E-state index in [4.69, 9.17) is 14.6 Å². The van der Waals surface area contributed by atoms with Gasteiger partial charge in [-0.2, -0.15) is 0 Å². The maximum absolute atomic E-state index is 10.9. The molecule has 0 aliphatic rings. The van der Waals surface area contributed by atoms with Gasteiger partial charge in [0.15, 0.2) is 0 Å². The molecule has 4 nitrogen and oxygen atoms in total. The van der Waals surface area contributed by atoms with Gasteiger partial charge in [-0.3, -0.25) is 4.79 Å². The van der Waals surface area contributed by atoms with Crippen LogP contribution in [-0.2, 0) is 11.2 Å². The lowest BCUT2D eigenvalue weighted by atomic mass is 10.0. The Morgan fingerprint density at radius 1 is 1.14 bits per heavy atom. The van der Waals surface area contributed by atoms with E-state index in [1.54, 1.807) is 25.3 Å². The van der Waals surface area contributed by atoms with Gasteiger partial charge in [0.2, 0.25) is 0 Å². The van der Waals surface area contributed by atoms with Gasteiger partial charge in [0.05, 0.1) is 13.5 Å². The SMILES string of the molecule is COc1ccc(Oc2ccccc2CC(=O)O)cc1C(C)C. The maximum atomic E-state index is 10.9. The van der Waals surface area contributed by atoms with Crippen LogP contribution in [-0.4, -0.2) is 18.2 Å². The third kappa shape index (κ3) is 3.79. The molecule has 2 rings (SSSR count). The van der Waals surface area contributed by atoms with Crippen LogP contribution in [0.15, 0.2) is 42.5 Å². The number of carbonyl (C=O) groups is 1. The summed E-state index contributed by atoms with van der Waals surface area (Å²) < 4.78 is 11.2. The minimum Gasteiger partial charge on any atom is -0.496 e. The normalized spacial score (nSPS) is 10.5. The highest BCUT2D eigenvalue weighted by atomic mass is 16.5. The van der Waals surface area contributed by atoms with Crippen molar-refractivity contribution in [1.82, 2.24) is 0 Å². The van der Waals surface area contributed by atoms with Gasteiger partial charge >= 0.3 is 5.97 Å². The highest BCUT2D eigenvalue weighted by Crippen LogP contribution is 2.33. The van der Waals surface area contributed by atoms with E-state index in [0.29, 0.717) is 23.0 Å². The molecule has 0 saturated heterocycles. The van der Waals surface area contributed by atoms with Gasteiger partial charge < -0.3 is 14.6 Å². The molecule has 0 amide bonds. The van der Waals surface area contributed by atoms with Gasteiger partial charge in [0, 0.05) is 11.1 Å². The summed E-state index contributed by atoms with van der Waals surface area (Å²) in [6.45, 7) is 4.17. The summed E-state index contributed by atoms with van der Waals surface area (Å²) in [4.78, 5) is 10.9. The zero-order chi connectivity index (χ0) is 16.1. The predicted octanol–water partition coefficient (Wildman–Crippen LogP) is 4.24. The maximum Gasteiger partial charge on any atom is 0.307 e. The summed E-state index contributed by atoms with van der Waals surface area (Å²) in [5, 5.41) is 8.97. The summed E-state index contributed by atoms with van der Waals surface area (Å²) in [6.07, 6.45) is -0.0661. The third-order valence-corrected chi connectivity index (χ3v) is 3.37. The van der Waals surface area contributed by atoms with E-state index in [2.05, 4.69) is 13.8 Å². The monoisotopic (exact) mass is 300 g/mol. The second kappa shape index (κ2) is 6.98. The second-order valence-electron chi connectivity index (χ2n) is 5.34. The van der Waals surface area contributed by atoms with Crippen molar-refractivity contribution in [3.63, 3.8) is 0 Å². The molecule has 0 fully saturated rings. The first-order valence-corrected chi connectivity index (χ1v) is 7.16. The Balaban J connectivity index is 2.31. The molecular weight excluding hydrogens is 280 g/mol. The highest BCUT2D eigenvalue weighted by Gasteiger charge is 2.12. The molecular formula is C18H20O4. The lowest BCUT2D eigenvalue weighted by Gasteiger charge is -2.15. The Kier molecular flexibility index (Phi) is 5.04. The van der Waals surface area contributed by atoms with E-state index in [9.17, 15) is 4.79 Å². The van der Waals surface area contributed by atoms with Crippen LogP contribution in [0.2, 0.25) is 0 Å². The fourth-order valence-corrected chi connectivity index (χ4v) is 2.27. The Morgan fingerprint density at radius 3 is 2.50 bits per heavy atom. The third-order valence-electron chi connectivity index (χ3n) is 3.37. The molecule has 22 heavy (non-hydrogen) atoms. The average molecular weight is 300 g/mol. The van der Waals surface area contributed by atoms with Gasteiger partial charge in [-0.25, -0.2) is 0 Å². The van der Waals surface area contributed by atoms with Crippen molar-refractivity contribution in [1.29, 1.82) is 0 Å². The number of benzene rings is 2. The number of hydrogen-bond acceptors (Lipinski definition) is 3. The molecule has 0 aromatic heterocycles. The van der Waals surface area contributed by atoms with E-state index in [0.717, 1.165) is 11.3 Å². The van der Waals surface area contributed by atoms with Crippen LogP contribution in [0.1, 0.15) is 30.9 Å². The van der Waals surface area contributed by atoms with Crippen LogP contribution in [0.4, 0.5) is 0 Å². The standard InChI is InChI=1S/C18H20O4/c1-12(2)15-11-14(8-9-17(15)21-3)22-16-7-5-4-6-13(16)10-18(19)20/h4-9,11-12H,10H2,1-3H3,(H,19,20). The van der Waals surface area contributed by atoms with E-state index < -0.39 is 5.97 Å². The molecule has 0 heterocycles. The number of carboxylic acids is 1. The van der Waals surface area contributed by atoms with Crippen molar-refractivity contribution in [2.45, 2.75) is 26.2 Å². The molecule has 0 atom stereocenters. The predicted molar refractivity (Wildman–Crippen MR) is 84.9 cm³/mol. The topological polar surface area (TPSA) is 55.8 Å². The first kappa shape index (κ1) is 15.9. The van der Waals surface area contributed by atoms with Gasteiger partial charge in [0.25, 0.3) is 0 Å². The lowest BCUT2D eigenvalue weighted by Crippen LogP contribution is -2.02. The molecule has 0 radical (unpaired) electrons. The largest absolute Gasteiger partial charge is 0.496 e. The Morgan fingerprint density at radius 2 is 1.86 bits per heavy atom. The zero-order valence-corrected chi connectivity index (χ0v) is 13.0. The molecule has 1 N–H and O–H groups in total. The molecule has 0 aliphatic heterocycles. The number of hydrogen-bond donors (Lipinski definition) is 1. The van der Waals surface area contributed by atoms with E-state index in [1.807, 2.05) is 24.3 Å². The van der Waals surface area contributed by atoms with Crippen LogP contribution in [0, 0.1) is 0 Å². The van der Waals surface area contributed by atoms with Crippen LogP contribution in [0.25, 0.3) is 0 Å². The molecule has 0 bridgehead atoms. The number of methoxy groups -OCH3 is 1. The zero-order valence-electron chi connectivity index (χ0n) is 13.0. The lowest BCUT2D eigenvalue weighted by molar-refractivity contribution is -0.136. The number of aliphatic carboxylic acids is 1. The minimum atomic E-state index is -0.881. The molecule has 0 spiro atoms. The number of ether oxygens (including phenoxy) is 2. The fourth-order valence-electron chi connectivity index (χ4n) is 2.27. The van der Waals surface area contributed by atoms with Crippen LogP contribution < -0.4 is 9.47 Å². The van der Waals surface area contributed by atoms with Crippen molar-refractivity contribution < 1.29 is 19.4 Å². The van der Waals surface area contributed by atoms with Gasteiger partial charge in [-0.15, -0.1) is 0 Å². The molecule has 0 aliphatic carbocycles. The summed E-state index contributed by atoms with van der Waals surface area (Å²) >= 11 is 0. The average Bonchev–Trinajstić information content (AvgIpc) is 2.48. The van der Waals surface area contributed by atoms with Crippen LogP contribution in [0.3, 0.4) is 0 Å². The van der Waals surface area contributed by atoms with Crippen molar-refractivity contribution in [2.75, 3.05) is 7.11 Å². The first-order valence-electron chi connectivity index (χ1n) is 7.16. The molecule has 2 aromatic carbocycles. The van der Waals surface area contributed by atoms with Crippen LogP contribution >= 0.6 is 0 Å². The second-order valence-corrected chi connectivity index (χ2v) is 5.34. The summed E-state index contributed by atoms with van der Waals surface area (Å²) in [5.41, 5.74) is 1.70. The van der Waals surface area contributed by atoms with Crippen molar-refractivity contribution >= 4 is 5.97 Å². The quantitative estimate of drug-likeness (QED) is 0.867. The summed E-state index contributed by atoms with van der Waals surface area (Å²) in [6, 6.07) is 12.8. The van der Waals surface area contributed by atoms with Crippen molar-refractivity contribution in [3.8, 4) is 17.2 Å². The Bertz CT molecular complexity index is 662. The van der Waals surface area contributed by atoms with E-state index in [1.165, 1.54) is 0 Å². The highest BCUT2D eigenvalue weighted by molar-refractivity contribution is 5.71. The molecule has 0 unspecified atom stereocenters. The molecule has 116 valence electrons. The molecule has 0 saturated carbocycles. The smallest absolute Gasteiger partial charge is 0.307 e. The number of para-hydroxylation sites is 1. The number of rotatable bonds is 6. The van der Waals surface area contributed by atoms with Crippen molar-refractivity contribution in [2.24, 2.45) is 0 Å². The molecule has 4 heteroatoms. The minimum absolute atomic E-state index is 0.0661. The summed E-state index contributed by atoms with van der Waals surface area (Å²) in [7, 11) is 1.64. The fraction of sp³-hybridized carbons (Fsp3) is 0.278. The summed E-state index contributed by atoms with van der Waals surface area (Å²) in [5.74, 6) is 1.47. The number of carboxylic acid groups (broad SMARTS) is 1. The van der Waals surface area contributed by atoms with Gasteiger partial charge in [-0.1, -0.05) is 32.0 Å². The van der Waals surface area contributed by atoms with E-state index in [-0.39, 0.29) is 6.42 Å². The van der Waals surface area contributed by atoms with Gasteiger partial charge in [-0.05, 0) is 30.2 Å². The van der Waals surface area contributed by atoms with Crippen molar-refractivity contribution in [3.05, 3.63) is 53.6 Å². The van der Waals surface area contributed by atoms with Crippen LogP contribution in [0.5, 0.6) is 17.2 Å². The van der Waals surface area contributed by atoms with E-state index >= 15 is 0 Å².